The molecule has 0 spiro atoms. The molecule has 2 aliphatic heterocycles. The minimum atomic E-state index is -0.380. The number of hydrogen-bond acceptors (Lipinski definition) is 8. The number of halogens is 2. The fraction of sp³-hybridized carbons (Fsp3) is 0.375. The van der Waals surface area contributed by atoms with Crippen molar-refractivity contribution in [2.24, 2.45) is 0 Å². The number of aromatic amines is 1. The van der Waals surface area contributed by atoms with Gasteiger partial charge in [0, 0.05) is 40.4 Å². The molecular weight excluding hydrogens is 601 g/mol. The number of pyridine rings is 1. The Hall–Kier alpha value is -3.51. The first-order valence-corrected chi connectivity index (χ1v) is 16.5. The predicted molar refractivity (Wildman–Crippen MR) is 168 cm³/mol. The molecule has 2 aliphatic rings. The molecule has 44 heavy (non-hydrogen) atoms. The lowest BCUT2D eigenvalue weighted by Gasteiger charge is -2.32. The van der Waals surface area contributed by atoms with Gasteiger partial charge >= 0.3 is 0 Å². The number of rotatable bonds is 10. The maximum atomic E-state index is 14.2. The summed E-state index contributed by atoms with van der Waals surface area (Å²) in [6.45, 7) is 4.38. The summed E-state index contributed by atoms with van der Waals surface area (Å²) in [4.78, 5) is 16.9. The summed E-state index contributed by atoms with van der Waals surface area (Å²) in [7, 11) is 0. The van der Waals surface area contributed by atoms with E-state index in [0.29, 0.717) is 22.4 Å². The molecule has 2 aromatic carbocycles. The van der Waals surface area contributed by atoms with Crippen LogP contribution in [0.25, 0.3) is 22.4 Å². The molecule has 1 atom stereocenters. The van der Waals surface area contributed by atoms with Crippen molar-refractivity contribution in [1.29, 1.82) is 0 Å². The van der Waals surface area contributed by atoms with E-state index < -0.39 is 0 Å². The highest BCUT2D eigenvalue weighted by Gasteiger charge is 2.26. The van der Waals surface area contributed by atoms with Gasteiger partial charge in [-0.3, -0.25) is 10.00 Å². The predicted octanol–water partition coefficient (Wildman–Crippen LogP) is 6.48. The van der Waals surface area contributed by atoms with Gasteiger partial charge in [0.15, 0.2) is 5.82 Å². The van der Waals surface area contributed by atoms with Crippen LogP contribution in [0.2, 0.25) is 5.02 Å². The van der Waals surface area contributed by atoms with Crippen molar-refractivity contribution in [3.63, 3.8) is 0 Å². The first-order chi connectivity index (χ1) is 21.5. The van der Waals surface area contributed by atoms with Crippen LogP contribution in [-0.2, 0) is 24.4 Å². The second-order valence-electron chi connectivity index (χ2n) is 11.3. The van der Waals surface area contributed by atoms with Gasteiger partial charge in [0.1, 0.15) is 18.2 Å². The van der Waals surface area contributed by atoms with Crippen LogP contribution in [0.3, 0.4) is 0 Å². The molecule has 2 saturated heterocycles. The standard InChI is InChI=1S/C32H33ClFN7O2S/c1-44-32-37-31(38-39-32)21-6-8-28-27(15-21)35-29(41(28)17-24-11-14-42-24)18-40-12-9-20(10-13-40)26-3-2-4-30(36-26)43-19-22-5-7-23(33)16-25(22)34/h2-8,15-16,20,24H,9-14,17-19H2,1H3,(H,37,38,39)/t24-/m0/s1. The molecule has 228 valence electrons. The fourth-order valence-corrected chi connectivity index (χ4v) is 6.34. The molecule has 0 radical (unpaired) electrons. The number of piperidine rings is 1. The summed E-state index contributed by atoms with van der Waals surface area (Å²) in [6, 6.07) is 16.7. The largest absolute Gasteiger partial charge is 0.473 e. The minimum absolute atomic E-state index is 0.101. The molecule has 5 heterocycles. The second kappa shape index (κ2) is 12.8. The number of H-pyrrole nitrogens is 1. The number of benzene rings is 2. The third-order valence-electron chi connectivity index (χ3n) is 8.43. The van der Waals surface area contributed by atoms with Crippen molar-refractivity contribution in [3.05, 3.63) is 82.5 Å². The quantitative estimate of drug-likeness (QED) is 0.175. The first kappa shape index (κ1) is 29.2. The van der Waals surface area contributed by atoms with Crippen LogP contribution in [0.1, 0.15) is 42.3 Å². The summed E-state index contributed by atoms with van der Waals surface area (Å²) < 4.78 is 28.1. The van der Waals surface area contributed by atoms with E-state index in [9.17, 15) is 4.39 Å². The van der Waals surface area contributed by atoms with Crippen LogP contribution in [0.15, 0.2) is 59.8 Å². The summed E-state index contributed by atoms with van der Waals surface area (Å²) >= 11 is 7.38. The smallest absolute Gasteiger partial charge is 0.213 e. The highest BCUT2D eigenvalue weighted by Crippen LogP contribution is 2.31. The van der Waals surface area contributed by atoms with Crippen LogP contribution in [0.5, 0.6) is 5.88 Å². The zero-order chi connectivity index (χ0) is 30.0. The monoisotopic (exact) mass is 633 g/mol. The van der Waals surface area contributed by atoms with E-state index in [-0.39, 0.29) is 18.5 Å². The number of thioether (sulfide) groups is 1. The molecule has 9 nitrogen and oxygen atoms in total. The zero-order valence-corrected chi connectivity index (χ0v) is 26.0. The maximum Gasteiger partial charge on any atom is 0.213 e. The molecule has 0 amide bonds. The lowest BCUT2D eigenvalue weighted by atomic mass is 9.93. The number of hydrogen-bond donors (Lipinski definition) is 1. The number of nitrogens with one attached hydrogen (secondary N) is 1. The second-order valence-corrected chi connectivity index (χ2v) is 12.5. The Bertz CT molecular complexity index is 1770. The number of nitrogens with zero attached hydrogens (tertiary/aromatic N) is 6. The Labute approximate surface area is 264 Å². The lowest BCUT2D eigenvalue weighted by Crippen LogP contribution is -2.35. The third kappa shape index (κ3) is 6.32. The van der Waals surface area contributed by atoms with E-state index in [1.807, 2.05) is 18.4 Å². The van der Waals surface area contributed by atoms with Crippen LogP contribution < -0.4 is 4.74 Å². The molecule has 3 aromatic heterocycles. The summed E-state index contributed by atoms with van der Waals surface area (Å²) in [6.07, 6.45) is 5.24. The van der Waals surface area contributed by atoms with Crippen molar-refractivity contribution in [2.45, 2.75) is 56.1 Å². The van der Waals surface area contributed by atoms with Gasteiger partial charge in [-0.15, -0.1) is 5.10 Å². The Kier molecular flexibility index (Phi) is 8.53. The summed E-state index contributed by atoms with van der Waals surface area (Å²) in [5, 5.41) is 8.38. The van der Waals surface area contributed by atoms with Gasteiger partial charge in [0.05, 0.1) is 30.2 Å². The third-order valence-corrected chi connectivity index (χ3v) is 9.22. The van der Waals surface area contributed by atoms with Crippen LogP contribution >= 0.6 is 23.4 Å². The molecule has 2 fully saturated rings. The first-order valence-electron chi connectivity index (χ1n) is 14.9. The fourth-order valence-electron chi connectivity index (χ4n) is 5.87. The molecular formula is C32H33ClFN7O2S. The maximum absolute atomic E-state index is 14.2. The van der Waals surface area contributed by atoms with E-state index in [0.717, 1.165) is 91.1 Å². The molecule has 0 unspecified atom stereocenters. The van der Waals surface area contributed by atoms with Gasteiger partial charge in [-0.1, -0.05) is 35.5 Å². The van der Waals surface area contributed by atoms with E-state index in [4.69, 9.17) is 31.0 Å². The Morgan fingerprint density at radius 1 is 1.07 bits per heavy atom. The van der Waals surface area contributed by atoms with Crippen LogP contribution in [0.4, 0.5) is 4.39 Å². The number of aromatic nitrogens is 6. The number of imidazole rings is 1. The zero-order valence-electron chi connectivity index (χ0n) is 24.4. The average Bonchev–Trinajstić information content (AvgIpc) is 3.63. The van der Waals surface area contributed by atoms with E-state index in [1.165, 1.54) is 17.8 Å². The Morgan fingerprint density at radius 3 is 2.68 bits per heavy atom. The SMILES string of the molecule is CSc1n[nH]c(-c2ccc3c(c2)nc(CN2CCC(c4cccc(OCc5ccc(Cl)cc5F)n4)CC2)n3C[C@@H]2CCO2)n1. The van der Waals surface area contributed by atoms with Crippen molar-refractivity contribution in [1.82, 2.24) is 34.6 Å². The van der Waals surface area contributed by atoms with E-state index in [2.05, 4.69) is 48.9 Å². The van der Waals surface area contributed by atoms with E-state index >= 15 is 0 Å². The molecule has 5 aromatic rings. The Balaban J connectivity index is 1.02. The molecule has 0 bridgehead atoms. The van der Waals surface area contributed by atoms with Gasteiger partial charge in [-0.25, -0.2) is 19.3 Å². The number of likely N-dealkylation sites (tertiary alicyclic amines) is 1. The molecule has 12 heteroatoms. The molecule has 1 N–H and O–H groups in total. The normalized spacial score (nSPS) is 17.7. The van der Waals surface area contributed by atoms with Gasteiger partial charge in [-0.2, -0.15) is 0 Å². The summed E-state index contributed by atoms with van der Waals surface area (Å²) in [5.74, 6) is 2.25. The number of fused-ring (bicyclic) bond motifs is 1. The highest BCUT2D eigenvalue weighted by atomic mass is 35.5. The van der Waals surface area contributed by atoms with Gasteiger partial charge in [0.2, 0.25) is 11.0 Å². The van der Waals surface area contributed by atoms with Crippen molar-refractivity contribution < 1.29 is 13.9 Å². The molecule has 0 aliphatic carbocycles. The lowest BCUT2D eigenvalue weighted by molar-refractivity contribution is -0.0592. The highest BCUT2D eigenvalue weighted by molar-refractivity contribution is 7.98. The van der Waals surface area contributed by atoms with Gasteiger partial charge in [-0.05, 0) is 75.0 Å². The minimum Gasteiger partial charge on any atom is -0.473 e. The molecule has 0 saturated carbocycles. The summed E-state index contributed by atoms with van der Waals surface area (Å²) in [5.41, 5.74) is 4.49. The topological polar surface area (TPSA) is 94.0 Å². The average molecular weight is 634 g/mol. The van der Waals surface area contributed by atoms with Crippen molar-refractivity contribution in [3.8, 4) is 17.3 Å². The van der Waals surface area contributed by atoms with Gasteiger partial charge < -0.3 is 14.0 Å². The van der Waals surface area contributed by atoms with Gasteiger partial charge in [0.25, 0.3) is 0 Å². The van der Waals surface area contributed by atoms with Crippen molar-refractivity contribution in [2.75, 3.05) is 26.0 Å². The van der Waals surface area contributed by atoms with Crippen LogP contribution in [0, 0.1) is 5.82 Å². The van der Waals surface area contributed by atoms with Crippen LogP contribution in [-0.4, -0.2) is 66.7 Å². The Morgan fingerprint density at radius 2 is 1.93 bits per heavy atom. The van der Waals surface area contributed by atoms with Crippen molar-refractivity contribution >= 4 is 34.4 Å². The van der Waals surface area contributed by atoms with E-state index in [1.54, 1.807) is 12.1 Å². The molecule has 7 rings (SSSR count). The number of ether oxygens (including phenoxy) is 2.